The molecule has 0 aliphatic heterocycles. The molecule has 0 saturated carbocycles. The Morgan fingerprint density at radius 2 is 2.42 bits per heavy atom. The molecule has 0 amide bonds. The number of hydrogen-bond donors (Lipinski definition) is 2. The summed E-state index contributed by atoms with van der Waals surface area (Å²) < 4.78 is 0. The Morgan fingerprint density at radius 3 is 2.92 bits per heavy atom. The van der Waals surface area contributed by atoms with Crippen LogP contribution < -0.4 is 11.4 Å². The molecule has 4 nitrogen and oxygen atoms in total. The van der Waals surface area contributed by atoms with Crippen LogP contribution in [0.3, 0.4) is 0 Å². The lowest BCUT2D eigenvalue weighted by Crippen LogP contribution is -2.22. The summed E-state index contributed by atoms with van der Waals surface area (Å²) in [5.74, 6) is 0. The first kappa shape index (κ1) is 8.93. The first-order valence-corrected chi connectivity index (χ1v) is 3.90. The Balaban J connectivity index is 2.93. The molecule has 0 aliphatic carbocycles. The van der Waals surface area contributed by atoms with Crippen LogP contribution in [-0.2, 0) is 6.42 Å². The molecule has 0 saturated heterocycles. The Labute approximate surface area is 70.8 Å². The third-order valence-electron chi connectivity index (χ3n) is 1.46. The van der Waals surface area contributed by atoms with Crippen molar-refractivity contribution in [2.45, 2.75) is 26.3 Å². The summed E-state index contributed by atoms with van der Waals surface area (Å²) in [6.07, 6.45) is 0.644. The maximum atomic E-state index is 10.9. The van der Waals surface area contributed by atoms with Gasteiger partial charge in [-0.1, -0.05) is 0 Å². The third-order valence-corrected chi connectivity index (χ3v) is 1.46. The number of aryl methyl sites for hydroxylation is 1. The Kier molecular flexibility index (Phi) is 2.60. The number of nitrogens with two attached hydrogens (primary N) is 1. The van der Waals surface area contributed by atoms with Gasteiger partial charge in [-0.3, -0.25) is 0 Å². The number of hydrogen-bond acceptors (Lipinski definition) is 3. The Bertz CT molecular complexity index is 316. The van der Waals surface area contributed by atoms with Gasteiger partial charge in [0.15, 0.2) is 0 Å². The second-order valence-electron chi connectivity index (χ2n) is 3.04. The predicted octanol–water partition coefficient (Wildman–Crippen LogP) is -0.0320. The van der Waals surface area contributed by atoms with Crippen molar-refractivity contribution in [3.63, 3.8) is 0 Å². The van der Waals surface area contributed by atoms with Crippen molar-refractivity contribution in [3.05, 3.63) is 27.9 Å². The fourth-order valence-corrected chi connectivity index (χ4v) is 1.08. The topological polar surface area (TPSA) is 71.8 Å². The van der Waals surface area contributed by atoms with Crippen molar-refractivity contribution in [1.29, 1.82) is 0 Å². The highest BCUT2D eigenvalue weighted by atomic mass is 16.1. The Morgan fingerprint density at radius 1 is 1.75 bits per heavy atom. The van der Waals surface area contributed by atoms with Gasteiger partial charge in [0.05, 0.1) is 0 Å². The number of aromatic nitrogens is 2. The van der Waals surface area contributed by atoms with Crippen LogP contribution in [0.15, 0.2) is 10.9 Å². The number of nitrogens with one attached hydrogen (secondary N) is 1. The first-order valence-electron chi connectivity index (χ1n) is 3.90. The molecule has 4 heteroatoms. The van der Waals surface area contributed by atoms with E-state index in [1.165, 1.54) is 0 Å². The predicted molar refractivity (Wildman–Crippen MR) is 46.9 cm³/mol. The summed E-state index contributed by atoms with van der Waals surface area (Å²) in [6.45, 7) is 3.71. The molecule has 0 aliphatic rings. The minimum absolute atomic E-state index is 0.0405. The summed E-state index contributed by atoms with van der Waals surface area (Å²) in [7, 11) is 0. The zero-order chi connectivity index (χ0) is 9.14. The molecule has 1 atom stereocenters. The molecule has 1 heterocycles. The maximum Gasteiger partial charge on any atom is 0.345 e. The standard InChI is InChI=1S/C8H13N3O/c1-5(9)3-7-4-6(2)10-8(12)11-7/h4-5H,3,9H2,1-2H3,(H,10,11,12). The zero-order valence-corrected chi connectivity index (χ0v) is 7.29. The normalized spacial score (nSPS) is 12.9. The number of rotatable bonds is 2. The maximum absolute atomic E-state index is 10.9. The average molecular weight is 167 g/mol. The minimum atomic E-state index is -0.300. The van der Waals surface area contributed by atoms with Crippen LogP contribution in [0.5, 0.6) is 0 Å². The van der Waals surface area contributed by atoms with Crippen LogP contribution in [0.4, 0.5) is 0 Å². The Hall–Kier alpha value is -1.16. The molecule has 66 valence electrons. The highest BCUT2D eigenvalue weighted by molar-refractivity contribution is 5.07. The van der Waals surface area contributed by atoms with E-state index in [1.54, 1.807) is 0 Å². The molecule has 0 bridgehead atoms. The van der Waals surface area contributed by atoms with Crippen LogP contribution in [0.2, 0.25) is 0 Å². The van der Waals surface area contributed by atoms with Crippen LogP contribution >= 0.6 is 0 Å². The number of aromatic amines is 1. The van der Waals surface area contributed by atoms with Crippen LogP contribution in [0.25, 0.3) is 0 Å². The van der Waals surface area contributed by atoms with Gasteiger partial charge in [-0.25, -0.2) is 4.79 Å². The van der Waals surface area contributed by atoms with Crippen molar-refractivity contribution in [3.8, 4) is 0 Å². The van der Waals surface area contributed by atoms with Crippen molar-refractivity contribution < 1.29 is 0 Å². The quantitative estimate of drug-likeness (QED) is 0.649. The van der Waals surface area contributed by atoms with E-state index in [4.69, 9.17) is 5.73 Å². The number of H-pyrrole nitrogens is 1. The summed E-state index contributed by atoms with van der Waals surface area (Å²) in [5, 5.41) is 0. The van der Waals surface area contributed by atoms with Gasteiger partial charge >= 0.3 is 5.69 Å². The van der Waals surface area contributed by atoms with Crippen LogP contribution in [0.1, 0.15) is 18.3 Å². The van der Waals surface area contributed by atoms with Gasteiger partial charge in [-0.2, -0.15) is 4.98 Å². The van der Waals surface area contributed by atoms with Crippen molar-refractivity contribution in [2.24, 2.45) is 5.73 Å². The monoisotopic (exact) mass is 167 g/mol. The largest absolute Gasteiger partial charge is 0.345 e. The lowest BCUT2D eigenvalue weighted by molar-refractivity contribution is 0.714. The molecule has 1 rings (SSSR count). The third kappa shape index (κ3) is 2.47. The minimum Gasteiger partial charge on any atom is -0.328 e. The smallest absolute Gasteiger partial charge is 0.328 e. The molecule has 3 N–H and O–H groups in total. The fraction of sp³-hybridized carbons (Fsp3) is 0.500. The zero-order valence-electron chi connectivity index (χ0n) is 7.29. The van der Waals surface area contributed by atoms with E-state index in [0.29, 0.717) is 6.42 Å². The van der Waals surface area contributed by atoms with E-state index in [1.807, 2.05) is 19.9 Å². The van der Waals surface area contributed by atoms with Gasteiger partial charge in [0.1, 0.15) is 0 Å². The second-order valence-corrected chi connectivity index (χ2v) is 3.04. The molecule has 0 fully saturated rings. The lowest BCUT2D eigenvalue weighted by Gasteiger charge is -2.03. The van der Waals surface area contributed by atoms with E-state index in [9.17, 15) is 4.79 Å². The van der Waals surface area contributed by atoms with Gasteiger partial charge in [0, 0.05) is 23.9 Å². The van der Waals surface area contributed by atoms with Gasteiger partial charge in [-0.15, -0.1) is 0 Å². The molecule has 12 heavy (non-hydrogen) atoms. The van der Waals surface area contributed by atoms with Crippen LogP contribution in [0, 0.1) is 6.92 Å². The van der Waals surface area contributed by atoms with Gasteiger partial charge in [0.2, 0.25) is 0 Å². The van der Waals surface area contributed by atoms with Crippen molar-refractivity contribution in [2.75, 3.05) is 0 Å². The van der Waals surface area contributed by atoms with Crippen molar-refractivity contribution >= 4 is 0 Å². The molecule has 1 unspecified atom stereocenters. The highest BCUT2D eigenvalue weighted by Crippen LogP contribution is 1.96. The molecular formula is C8H13N3O. The molecule has 1 aromatic rings. The molecule has 0 radical (unpaired) electrons. The number of nitrogens with zero attached hydrogens (tertiary/aromatic N) is 1. The van der Waals surface area contributed by atoms with Crippen LogP contribution in [-0.4, -0.2) is 16.0 Å². The van der Waals surface area contributed by atoms with E-state index in [0.717, 1.165) is 11.4 Å². The SMILES string of the molecule is Cc1cc(CC(C)N)nc(=O)[nH]1. The second kappa shape index (κ2) is 3.49. The van der Waals surface area contributed by atoms with Crippen molar-refractivity contribution in [1.82, 2.24) is 9.97 Å². The summed E-state index contributed by atoms with van der Waals surface area (Å²) in [6, 6.07) is 1.88. The molecular weight excluding hydrogens is 154 g/mol. The van der Waals surface area contributed by atoms with Gasteiger partial charge in [0.25, 0.3) is 0 Å². The van der Waals surface area contributed by atoms with E-state index in [2.05, 4.69) is 9.97 Å². The summed E-state index contributed by atoms with van der Waals surface area (Å²) >= 11 is 0. The van der Waals surface area contributed by atoms with E-state index in [-0.39, 0.29) is 11.7 Å². The molecule has 0 spiro atoms. The van der Waals surface area contributed by atoms with E-state index < -0.39 is 0 Å². The fourth-order valence-electron chi connectivity index (χ4n) is 1.08. The highest BCUT2D eigenvalue weighted by Gasteiger charge is 2.00. The van der Waals surface area contributed by atoms with E-state index >= 15 is 0 Å². The van der Waals surface area contributed by atoms with Gasteiger partial charge < -0.3 is 10.7 Å². The van der Waals surface area contributed by atoms with Gasteiger partial charge in [-0.05, 0) is 19.9 Å². The summed E-state index contributed by atoms with van der Waals surface area (Å²) in [5.41, 5.74) is 6.85. The summed E-state index contributed by atoms with van der Waals surface area (Å²) in [4.78, 5) is 17.2. The first-order chi connectivity index (χ1) is 5.58. The molecule has 0 aromatic carbocycles. The average Bonchev–Trinajstić information content (AvgIpc) is 1.81. The molecule has 1 aromatic heterocycles. The lowest BCUT2D eigenvalue weighted by atomic mass is 10.2.